The summed E-state index contributed by atoms with van der Waals surface area (Å²) in [4.78, 5) is 4.68. The fourth-order valence-corrected chi connectivity index (χ4v) is 2.89. The molecule has 0 aliphatic carbocycles. The Morgan fingerprint density at radius 2 is 2.31 bits per heavy atom. The van der Waals surface area contributed by atoms with Gasteiger partial charge >= 0.3 is 0 Å². The molecule has 0 aromatic carbocycles. The predicted octanol–water partition coefficient (Wildman–Crippen LogP) is 2.52. The van der Waals surface area contributed by atoms with Crippen molar-refractivity contribution in [1.29, 1.82) is 0 Å². The summed E-state index contributed by atoms with van der Waals surface area (Å²) in [5, 5.41) is 4.59. The van der Waals surface area contributed by atoms with Gasteiger partial charge in [0.2, 0.25) is 0 Å². The van der Waals surface area contributed by atoms with Crippen LogP contribution in [0, 0.1) is 5.92 Å². The van der Waals surface area contributed by atoms with Crippen LogP contribution in [0.15, 0.2) is 4.99 Å². The van der Waals surface area contributed by atoms with Gasteiger partial charge in [0.1, 0.15) is 0 Å². The van der Waals surface area contributed by atoms with E-state index in [0.717, 1.165) is 18.2 Å². The van der Waals surface area contributed by atoms with Crippen LogP contribution in [0.25, 0.3) is 0 Å². The topological polar surface area (TPSA) is 33.6 Å². The van der Waals surface area contributed by atoms with E-state index in [1.165, 1.54) is 12.2 Å². The van der Waals surface area contributed by atoms with Crippen LogP contribution in [0.3, 0.4) is 0 Å². The highest BCUT2D eigenvalue weighted by molar-refractivity contribution is 8.13. The van der Waals surface area contributed by atoms with E-state index in [1.54, 1.807) is 7.11 Å². The summed E-state index contributed by atoms with van der Waals surface area (Å²) in [5.41, 5.74) is 0. The predicted molar refractivity (Wildman–Crippen MR) is 72.2 cm³/mol. The lowest BCUT2D eigenvalue weighted by molar-refractivity contribution is 0.170. The van der Waals surface area contributed by atoms with Crippen molar-refractivity contribution in [2.75, 3.05) is 19.5 Å². The molecule has 94 valence electrons. The second kappa shape index (κ2) is 7.17. The Morgan fingerprint density at radius 1 is 1.56 bits per heavy atom. The van der Waals surface area contributed by atoms with Crippen molar-refractivity contribution in [3.05, 3.63) is 0 Å². The Bertz CT molecular complexity index is 227. The monoisotopic (exact) mass is 244 g/mol. The van der Waals surface area contributed by atoms with Gasteiger partial charge in [0, 0.05) is 12.9 Å². The second-order valence-electron chi connectivity index (χ2n) is 4.55. The smallest absolute Gasteiger partial charge is 0.157 e. The molecule has 0 aromatic rings. The Balaban J connectivity index is 2.47. The maximum Gasteiger partial charge on any atom is 0.157 e. The molecule has 3 atom stereocenters. The number of rotatable bonds is 5. The molecule has 0 fully saturated rings. The molecule has 0 spiro atoms. The van der Waals surface area contributed by atoms with E-state index in [1.807, 2.05) is 11.8 Å². The van der Waals surface area contributed by atoms with E-state index in [4.69, 9.17) is 4.74 Å². The number of nitrogens with one attached hydrogen (secondary N) is 1. The van der Waals surface area contributed by atoms with Crippen LogP contribution in [0.2, 0.25) is 0 Å². The molecule has 3 unspecified atom stereocenters. The largest absolute Gasteiger partial charge is 0.383 e. The molecule has 0 bridgehead atoms. The highest BCUT2D eigenvalue weighted by atomic mass is 32.2. The van der Waals surface area contributed by atoms with Crippen LogP contribution in [0.5, 0.6) is 0 Å². The van der Waals surface area contributed by atoms with Crippen LogP contribution in [0.1, 0.15) is 33.6 Å². The SMILES string of the molecule is CCCC(COC)NC1=NC(C)C(C)CS1. The van der Waals surface area contributed by atoms with Crippen molar-refractivity contribution < 1.29 is 4.74 Å². The molecule has 0 aromatic heterocycles. The van der Waals surface area contributed by atoms with Gasteiger partial charge in [-0.15, -0.1) is 0 Å². The van der Waals surface area contributed by atoms with E-state index >= 15 is 0 Å². The lowest BCUT2D eigenvalue weighted by atomic mass is 10.1. The van der Waals surface area contributed by atoms with E-state index in [2.05, 4.69) is 31.1 Å². The zero-order valence-electron chi connectivity index (χ0n) is 10.8. The summed E-state index contributed by atoms with van der Waals surface area (Å²) in [5.74, 6) is 1.85. The molecule has 1 N–H and O–H groups in total. The standard InChI is InChI=1S/C12H24N2OS/c1-5-6-11(7-15-4)14-12-13-10(3)9(2)8-16-12/h9-11H,5-8H2,1-4H3,(H,13,14). The van der Waals surface area contributed by atoms with E-state index < -0.39 is 0 Å². The second-order valence-corrected chi connectivity index (χ2v) is 5.56. The normalized spacial score (nSPS) is 27.4. The molecule has 0 radical (unpaired) electrons. The zero-order valence-corrected chi connectivity index (χ0v) is 11.6. The molecule has 1 aliphatic rings. The lowest BCUT2D eigenvalue weighted by Crippen LogP contribution is -2.39. The highest BCUT2D eigenvalue weighted by Gasteiger charge is 2.20. The average Bonchev–Trinajstić information content (AvgIpc) is 2.24. The third-order valence-corrected chi connectivity index (χ3v) is 4.15. The summed E-state index contributed by atoms with van der Waals surface area (Å²) < 4.78 is 5.22. The average molecular weight is 244 g/mol. The number of ether oxygens (including phenoxy) is 1. The molecule has 0 amide bonds. The maximum absolute atomic E-state index is 5.22. The molecule has 3 nitrogen and oxygen atoms in total. The molecular formula is C12H24N2OS. The van der Waals surface area contributed by atoms with Gasteiger partial charge in [-0.2, -0.15) is 0 Å². The van der Waals surface area contributed by atoms with Crippen LogP contribution < -0.4 is 5.32 Å². The highest BCUT2D eigenvalue weighted by Crippen LogP contribution is 2.22. The molecule has 4 heteroatoms. The van der Waals surface area contributed by atoms with Gasteiger partial charge in [0.05, 0.1) is 18.7 Å². The van der Waals surface area contributed by atoms with Gasteiger partial charge in [0.15, 0.2) is 5.17 Å². The molecular weight excluding hydrogens is 220 g/mol. The molecule has 1 rings (SSSR count). The molecule has 0 saturated carbocycles. The number of hydrogen-bond acceptors (Lipinski definition) is 4. The third kappa shape index (κ3) is 4.34. The molecule has 1 heterocycles. The van der Waals surface area contributed by atoms with Gasteiger partial charge in [0.25, 0.3) is 0 Å². The van der Waals surface area contributed by atoms with Crippen molar-refractivity contribution in [3.63, 3.8) is 0 Å². The first-order valence-corrected chi connectivity index (χ1v) is 7.12. The van der Waals surface area contributed by atoms with Gasteiger partial charge in [-0.05, 0) is 19.3 Å². The summed E-state index contributed by atoms with van der Waals surface area (Å²) in [6.07, 6.45) is 2.31. The number of nitrogens with zero attached hydrogens (tertiary/aromatic N) is 1. The first-order chi connectivity index (χ1) is 7.67. The first-order valence-electron chi connectivity index (χ1n) is 6.13. The molecule has 16 heavy (non-hydrogen) atoms. The summed E-state index contributed by atoms with van der Waals surface area (Å²) in [6.45, 7) is 7.41. The lowest BCUT2D eigenvalue weighted by Gasteiger charge is -2.26. The summed E-state index contributed by atoms with van der Waals surface area (Å²) in [6, 6.07) is 0.843. The Kier molecular flexibility index (Phi) is 6.21. The first kappa shape index (κ1) is 13.8. The minimum Gasteiger partial charge on any atom is -0.383 e. The Hall–Kier alpha value is -0.220. The van der Waals surface area contributed by atoms with Crippen LogP contribution in [-0.2, 0) is 4.74 Å². The van der Waals surface area contributed by atoms with Crippen molar-refractivity contribution >= 4 is 16.9 Å². The zero-order chi connectivity index (χ0) is 12.0. The summed E-state index contributed by atoms with van der Waals surface area (Å²) in [7, 11) is 1.75. The van der Waals surface area contributed by atoms with Crippen LogP contribution in [0.4, 0.5) is 0 Å². The van der Waals surface area contributed by atoms with E-state index in [0.29, 0.717) is 18.0 Å². The Morgan fingerprint density at radius 3 is 2.88 bits per heavy atom. The maximum atomic E-state index is 5.22. The minimum absolute atomic E-state index is 0.404. The third-order valence-electron chi connectivity index (χ3n) is 2.96. The van der Waals surface area contributed by atoms with Crippen LogP contribution in [-0.4, -0.2) is 36.7 Å². The van der Waals surface area contributed by atoms with Gasteiger partial charge in [-0.1, -0.05) is 32.0 Å². The Labute approximate surface area is 103 Å². The number of hydrogen-bond donors (Lipinski definition) is 1. The van der Waals surface area contributed by atoms with Crippen molar-refractivity contribution in [3.8, 4) is 0 Å². The van der Waals surface area contributed by atoms with E-state index in [-0.39, 0.29) is 0 Å². The number of thioether (sulfide) groups is 1. The number of methoxy groups -OCH3 is 1. The summed E-state index contributed by atoms with van der Waals surface area (Å²) >= 11 is 1.84. The number of amidine groups is 1. The fraction of sp³-hybridized carbons (Fsp3) is 0.917. The minimum atomic E-state index is 0.404. The van der Waals surface area contributed by atoms with Crippen LogP contribution >= 0.6 is 11.8 Å². The molecule has 0 saturated heterocycles. The molecule has 1 aliphatic heterocycles. The quantitative estimate of drug-likeness (QED) is 0.807. The van der Waals surface area contributed by atoms with Gasteiger partial charge in [-0.3, -0.25) is 4.99 Å². The van der Waals surface area contributed by atoms with Gasteiger partial charge in [-0.25, -0.2) is 0 Å². The van der Waals surface area contributed by atoms with Crippen molar-refractivity contribution in [2.24, 2.45) is 10.9 Å². The van der Waals surface area contributed by atoms with E-state index in [9.17, 15) is 0 Å². The van der Waals surface area contributed by atoms with Crippen molar-refractivity contribution in [1.82, 2.24) is 5.32 Å². The van der Waals surface area contributed by atoms with Gasteiger partial charge < -0.3 is 10.1 Å². The number of aliphatic imine (C=N–C) groups is 1. The van der Waals surface area contributed by atoms with Crippen molar-refractivity contribution in [2.45, 2.75) is 45.7 Å². The fourth-order valence-electron chi connectivity index (χ4n) is 1.70.